The Morgan fingerprint density at radius 1 is 0.958 bits per heavy atom. The van der Waals surface area contributed by atoms with E-state index in [0.717, 1.165) is 5.39 Å². The number of anilines is 1. The second kappa shape index (κ2) is 5.92. The van der Waals surface area contributed by atoms with Crippen LogP contribution in [0.25, 0.3) is 10.8 Å². The van der Waals surface area contributed by atoms with Crippen LogP contribution in [0.5, 0.6) is 11.5 Å². The number of benzene rings is 3. The van der Waals surface area contributed by atoms with E-state index in [1.807, 2.05) is 12.1 Å². The summed E-state index contributed by atoms with van der Waals surface area (Å²) in [4.78, 5) is 23.6. The Morgan fingerprint density at radius 2 is 1.71 bits per heavy atom. The van der Waals surface area contributed by atoms with Crippen LogP contribution in [0.1, 0.15) is 20.7 Å². The summed E-state index contributed by atoms with van der Waals surface area (Å²) in [6, 6.07) is 14.2. The van der Waals surface area contributed by atoms with E-state index >= 15 is 0 Å². The molecule has 0 saturated carbocycles. The van der Waals surface area contributed by atoms with Crippen molar-refractivity contribution < 1.29 is 19.8 Å². The molecule has 3 aromatic rings. The number of fused-ring (bicyclic) bond motifs is 1. The molecule has 0 saturated heterocycles. The first-order valence-corrected chi connectivity index (χ1v) is 7.12. The Labute approximate surface area is 137 Å². The fourth-order valence-electron chi connectivity index (χ4n) is 2.42. The van der Waals surface area contributed by atoms with Crippen LogP contribution in [-0.4, -0.2) is 22.0 Å². The third-order valence-corrected chi connectivity index (χ3v) is 3.67. The molecule has 0 heterocycles. The number of hydrogen-bond donors (Lipinski definition) is 4. The van der Waals surface area contributed by atoms with Gasteiger partial charge in [0.2, 0.25) is 5.91 Å². The summed E-state index contributed by atoms with van der Waals surface area (Å²) in [6.45, 7) is 0. The maximum absolute atomic E-state index is 12.4. The zero-order valence-electron chi connectivity index (χ0n) is 12.5. The highest BCUT2D eigenvalue weighted by Crippen LogP contribution is 2.30. The molecular weight excluding hydrogens is 308 g/mol. The standard InChI is InChI=1S/C18H14N2O4/c19-17(23)11-6-8-15(21)14(9-11)20-18(24)13-7-5-10-3-1-2-4-12(10)16(13)22/h1-9,21-22H,(H2,19,23)(H,20,24). The van der Waals surface area contributed by atoms with Crippen molar-refractivity contribution in [3.05, 3.63) is 65.7 Å². The molecular formula is C18H14N2O4. The number of phenolic OH excluding ortho intramolecular Hbond substituents is 2. The van der Waals surface area contributed by atoms with Crippen LogP contribution in [0.3, 0.4) is 0 Å². The Bertz CT molecular complexity index is 966. The lowest BCUT2D eigenvalue weighted by Crippen LogP contribution is -2.14. The highest BCUT2D eigenvalue weighted by molar-refractivity contribution is 6.10. The van der Waals surface area contributed by atoms with Crippen molar-refractivity contribution in [1.82, 2.24) is 0 Å². The van der Waals surface area contributed by atoms with Gasteiger partial charge in [0.05, 0.1) is 11.3 Å². The van der Waals surface area contributed by atoms with Gasteiger partial charge in [-0.05, 0) is 29.7 Å². The summed E-state index contributed by atoms with van der Waals surface area (Å²) in [5, 5.41) is 23.9. The number of phenols is 2. The van der Waals surface area contributed by atoms with E-state index < -0.39 is 11.8 Å². The van der Waals surface area contributed by atoms with Crippen LogP contribution in [0.15, 0.2) is 54.6 Å². The molecule has 6 nitrogen and oxygen atoms in total. The van der Waals surface area contributed by atoms with Crippen molar-refractivity contribution in [1.29, 1.82) is 0 Å². The minimum Gasteiger partial charge on any atom is -0.506 e. The molecule has 0 spiro atoms. The van der Waals surface area contributed by atoms with Gasteiger partial charge in [-0.3, -0.25) is 9.59 Å². The SMILES string of the molecule is NC(=O)c1ccc(O)c(NC(=O)c2ccc3ccccc3c2O)c1. The van der Waals surface area contributed by atoms with Gasteiger partial charge >= 0.3 is 0 Å². The predicted octanol–water partition coefficient (Wildman–Crippen LogP) is 2.60. The van der Waals surface area contributed by atoms with Gasteiger partial charge < -0.3 is 21.3 Å². The highest BCUT2D eigenvalue weighted by Gasteiger charge is 2.16. The summed E-state index contributed by atoms with van der Waals surface area (Å²) in [7, 11) is 0. The summed E-state index contributed by atoms with van der Waals surface area (Å²) < 4.78 is 0. The average Bonchev–Trinajstić information content (AvgIpc) is 2.57. The molecule has 0 atom stereocenters. The van der Waals surface area contributed by atoms with E-state index in [-0.39, 0.29) is 28.3 Å². The number of carbonyl (C=O) groups excluding carboxylic acids is 2. The molecule has 0 fully saturated rings. The van der Waals surface area contributed by atoms with E-state index in [1.165, 1.54) is 24.3 Å². The third-order valence-electron chi connectivity index (χ3n) is 3.67. The Hall–Kier alpha value is -3.54. The minimum atomic E-state index is -0.681. The zero-order valence-corrected chi connectivity index (χ0v) is 12.5. The van der Waals surface area contributed by atoms with Gasteiger partial charge in [-0.15, -0.1) is 0 Å². The molecule has 6 heteroatoms. The Balaban J connectivity index is 1.97. The topological polar surface area (TPSA) is 113 Å². The molecule has 0 aliphatic carbocycles. The zero-order chi connectivity index (χ0) is 17.3. The minimum absolute atomic E-state index is 0.0314. The van der Waals surface area contributed by atoms with Crippen molar-refractivity contribution in [3.63, 3.8) is 0 Å². The monoisotopic (exact) mass is 322 g/mol. The third kappa shape index (κ3) is 2.72. The molecule has 0 unspecified atom stereocenters. The molecule has 0 aromatic heterocycles. The number of amides is 2. The van der Waals surface area contributed by atoms with Gasteiger partial charge in [-0.2, -0.15) is 0 Å². The molecule has 5 N–H and O–H groups in total. The molecule has 0 bridgehead atoms. The normalized spacial score (nSPS) is 10.5. The number of aromatic hydroxyl groups is 2. The first-order chi connectivity index (χ1) is 11.5. The van der Waals surface area contributed by atoms with Crippen LogP contribution in [0.2, 0.25) is 0 Å². The Morgan fingerprint density at radius 3 is 2.46 bits per heavy atom. The van der Waals surface area contributed by atoms with E-state index in [2.05, 4.69) is 5.32 Å². The van der Waals surface area contributed by atoms with E-state index in [1.54, 1.807) is 18.2 Å². The van der Waals surface area contributed by atoms with Gasteiger partial charge in [-0.1, -0.05) is 30.3 Å². The van der Waals surface area contributed by atoms with Crippen LogP contribution < -0.4 is 11.1 Å². The summed E-state index contributed by atoms with van der Waals surface area (Å²) in [6.07, 6.45) is 0. The van der Waals surface area contributed by atoms with E-state index in [9.17, 15) is 19.8 Å². The number of rotatable bonds is 3. The highest BCUT2D eigenvalue weighted by atomic mass is 16.3. The van der Waals surface area contributed by atoms with Crippen LogP contribution in [0, 0.1) is 0 Å². The van der Waals surface area contributed by atoms with Crippen molar-refractivity contribution in [3.8, 4) is 11.5 Å². The van der Waals surface area contributed by atoms with Crippen LogP contribution >= 0.6 is 0 Å². The van der Waals surface area contributed by atoms with Crippen molar-refractivity contribution in [2.75, 3.05) is 5.32 Å². The Kier molecular flexibility index (Phi) is 3.79. The van der Waals surface area contributed by atoms with Gasteiger partial charge in [0.25, 0.3) is 5.91 Å². The molecule has 3 rings (SSSR count). The first kappa shape index (κ1) is 15.4. The maximum atomic E-state index is 12.4. The fraction of sp³-hybridized carbons (Fsp3) is 0. The van der Waals surface area contributed by atoms with Crippen molar-refractivity contribution in [2.45, 2.75) is 0 Å². The van der Waals surface area contributed by atoms with Gasteiger partial charge in [-0.25, -0.2) is 0 Å². The first-order valence-electron chi connectivity index (χ1n) is 7.12. The second-order valence-electron chi connectivity index (χ2n) is 5.23. The summed E-state index contributed by atoms with van der Waals surface area (Å²) in [5.74, 6) is -1.67. The maximum Gasteiger partial charge on any atom is 0.259 e. The summed E-state index contributed by atoms with van der Waals surface area (Å²) in [5.41, 5.74) is 5.42. The smallest absolute Gasteiger partial charge is 0.259 e. The van der Waals surface area contributed by atoms with Crippen LogP contribution in [-0.2, 0) is 0 Å². The lowest BCUT2D eigenvalue weighted by molar-refractivity contribution is 0.0995. The van der Waals surface area contributed by atoms with Gasteiger partial charge in [0, 0.05) is 10.9 Å². The molecule has 3 aromatic carbocycles. The second-order valence-corrected chi connectivity index (χ2v) is 5.23. The molecule has 2 amide bonds. The molecule has 0 aliphatic heterocycles. The largest absolute Gasteiger partial charge is 0.506 e. The number of carbonyl (C=O) groups is 2. The molecule has 24 heavy (non-hydrogen) atoms. The van der Waals surface area contributed by atoms with Crippen LogP contribution in [0.4, 0.5) is 5.69 Å². The van der Waals surface area contributed by atoms with E-state index in [4.69, 9.17) is 5.73 Å². The van der Waals surface area contributed by atoms with Crippen molar-refractivity contribution >= 4 is 28.3 Å². The summed E-state index contributed by atoms with van der Waals surface area (Å²) >= 11 is 0. The number of primary amides is 1. The molecule has 0 aliphatic rings. The molecule has 120 valence electrons. The van der Waals surface area contributed by atoms with Gasteiger partial charge in [0.15, 0.2) is 0 Å². The quantitative estimate of drug-likeness (QED) is 0.555. The number of hydrogen-bond acceptors (Lipinski definition) is 4. The molecule has 0 radical (unpaired) electrons. The predicted molar refractivity (Wildman–Crippen MR) is 90.2 cm³/mol. The lowest BCUT2D eigenvalue weighted by atomic mass is 10.0. The number of nitrogens with one attached hydrogen (secondary N) is 1. The average molecular weight is 322 g/mol. The van der Waals surface area contributed by atoms with Crippen molar-refractivity contribution in [2.24, 2.45) is 5.73 Å². The van der Waals surface area contributed by atoms with E-state index in [0.29, 0.717) is 5.39 Å². The lowest BCUT2D eigenvalue weighted by Gasteiger charge is -2.11. The van der Waals surface area contributed by atoms with Gasteiger partial charge in [0.1, 0.15) is 11.5 Å². The fourth-order valence-corrected chi connectivity index (χ4v) is 2.42. The number of nitrogens with two attached hydrogens (primary N) is 1.